The van der Waals surface area contributed by atoms with Crippen LogP contribution < -0.4 is 4.90 Å². The van der Waals surface area contributed by atoms with Gasteiger partial charge in [0, 0.05) is 11.3 Å². The first kappa shape index (κ1) is 18.1. The van der Waals surface area contributed by atoms with Gasteiger partial charge in [0.2, 0.25) is 11.8 Å². The molecule has 3 aliphatic carbocycles. The first-order valence-electron chi connectivity index (χ1n) is 10.3. The molecule has 152 valence electrons. The molecule has 5 heteroatoms. The summed E-state index contributed by atoms with van der Waals surface area (Å²) in [5, 5.41) is 9.18. The molecule has 1 N–H and O–H groups in total. The lowest BCUT2D eigenvalue weighted by Crippen LogP contribution is -2.51. The van der Waals surface area contributed by atoms with Gasteiger partial charge >= 0.3 is 5.97 Å². The Morgan fingerprint density at radius 1 is 0.839 bits per heavy atom. The van der Waals surface area contributed by atoms with Gasteiger partial charge in [0.05, 0.1) is 23.1 Å². The summed E-state index contributed by atoms with van der Waals surface area (Å²) in [4.78, 5) is 40.0. The van der Waals surface area contributed by atoms with E-state index in [0.29, 0.717) is 5.69 Å². The maximum absolute atomic E-state index is 13.8. The number of anilines is 1. The number of hydrogen-bond donors (Lipinski definition) is 1. The molecule has 0 spiro atoms. The Balaban J connectivity index is 1.55. The Kier molecular flexibility index (Phi) is 3.45. The molecule has 1 aliphatic heterocycles. The number of rotatable bonds is 2. The number of carbonyl (C=O) groups is 3. The number of aromatic carboxylic acids is 1. The third kappa shape index (κ3) is 2.08. The van der Waals surface area contributed by atoms with Crippen LogP contribution in [-0.4, -0.2) is 22.9 Å². The molecule has 1 saturated heterocycles. The van der Waals surface area contributed by atoms with Crippen molar-refractivity contribution in [2.45, 2.75) is 18.3 Å². The maximum atomic E-state index is 13.8. The molecule has 0 aromatic heterocycles. The van der Waals surface area contributed by atoms with Gasteiger partial charge in [-0.2, -0.15) is 0 Å². The molecule has 2 atom stereocenters. The van der Waals surface area contributed by atoms with Gasteiger partial charge in [-0.3, -0.25) is 9.59 Å². The first-order valence-corrected chi connectivity index (χ1v) is 10.3. The van der Waals surface area contributed by atoms with Crippen LogP contribution >= 0.6 is 0 Å². The molecule has 7 rings (SSSR count). The van der Waals surface area contributed by atoms with Gasteiger partial charge in [0.15, 0.2) is 0 Å². The van der Waals surface area contributed by atoms with E-state index in [1.54, 1.807) is 12.1 Å². The topological polar surface area (TPSA) is 74.7 Å². The predicted molar refractivity (Wildman–Crippen MR) is 114 cm³/mol. The van der Waals surface area contributed by atoms with E-state index in [9.17, 15) is 19.5 Å². The van der Waals surface area contributed by atoms with E-state index in [0.717, 1.165) is 22.3 Å². The van der Waals surface area contributed by atoms with Crippen LogP contribution in [0.4, 0.5) is 5.69 Å². The molecule has 0 radical (unpaired) electrons. The van der Waals surface area contributed by atoms with Gasteiger partial charge in [-0.05, 0) is 46.5 Å². The molecule has 5 nitrogen and oxygen atoms in total. The van der Waals surface area contributed by atoms with Crippen molar-refractivity contribution < 1.29 is 19.5 Å². The van der Waals surface area contributed by atoms with E-state index in [4.69, 9.17) is 0 Å². The molecule has 3 aromatic carbocycles. The average molecular weight is 409 g/mol. The lowest BCUT2D eigenvalue weighted by atomic mass is 9.48. The summed E-state index contributed by atoms with van der Waals surface area (Å²) in [5.74, 6) is -2.60. The summed E-state index contributed by atoms with van der Waals surface area (Å²) in [5.41, 5.74) is 4.41. The zero-order chi connectivity index (χ0) is 21.5. The van der Waals surface area contributed by atoms with Crippen LogP contribution in [0.15, 0.2) is 72.8 Å². The predicted octanol–water partition coefficient (Wildman–Crippen LogP) is 3.96. The summed E-state index contributed by atoms with van der Waals surface area (Å²) in [6.07, 6.45) is 0. The second-order valence-electron chi connectivity index (χ2n) is 8.72. The smallest absolute Gasteiger partial charge is 0.335 e. The van der Waals surface area contributed by atoms with Crippen molar-refractivity contribution in [1.29, 1.82) is 0 Å². The zero-order valence-electron chi connectivity index (χ0n) is 16.8. The van der Waals surface area contributed by atoms with Crippen molar-refractivity contribution in [3.63, 3.8) is 0 Å². The Morgan fingerprint density at radius 2 is 1.39 bits per heavy atom. The number of amides is 2. The number of carbonyl (C=O) groups excluding carboxylic acids is 2. The highest BCUT2D eigenvalue weighted by Crippen LogP contribution is 2.64. The van der Waals surface area contributed by atoms with Crippen LogP contribution in [0.25, 0.3) is 0 Å². The molecule has 0 unspecified atom stereocenters. The molecule has 1 fully saturated rings. The van der Waals surface area contributed by atoms with Gasteiger partial charge in [-0.25, -0.2) is 9.69 Å². The third-order valence-corrected chi connectivity index (χ3v) is 7.42. The molecule has 1 heterocycles. The standard InChI is InChI=1S/C26H19NO4/c1-26-18-8-4-2-6-16(18)20(17-7-3-5-9-19(17)26)21-22(26)24(29)27(23(21)28)15-12-10-14(11-13-15)25(30)31/h2-13,20-22H,1H3,(H,30,31)/t20?,21-,22+,26?/m0/s1. The van der Waals surface area contributed by atoms with Gasteiger partial charge < -0.3 is 5.11 Å². The van der Waals surface area contributed by atoms with Crippen molar-refractivity contribution in [2.24, 2.45) is 11.8 Å². The normalized spacial score (nSPS) is 27.6. The van der Waals surface area contributed by atoms with Crippen LogP contribution in [0, 0.1) is 11.8 Å². The summed E-state index contributed by atoms with van der Waals surface area (Å²) in [6.45, 7) is 2.08. The second-order valence-corrected chi connectivity index (χ2v) is 8.72. The number of benzene rings is 3. The third-order valence-electron chi connectivity index (χ3n) is 7.42. The summed E-state index contributed by atoms with van der Waals surface area (Å²) < 4.78 is 0. The van der Waals surface area contributed by atoms with Crippen LogP contribution in [0.3, 0.4) is 0 Å². The Hall–Kier alpha value is -3.73. The highest BCUT2D eigenvalue weighted by molar-refractivity contribution is 6.23. The van der Waals surface area contributed by atoms with Gasteiger partial charge in [0.1, 0.15) is 0 Å². The molecular formula is C26H19NO4. The fraction of sp³-hybridized carbons (Fsp3) is 0.192. The summed E-state index contributed by atoms with van der Waals surface area (Å²) >= 11 is 0. The molecule has 0 saturated carbocycles. The number of carboxylic acids is 1. The maximum Gasteiger partial charge on any atom is 0.335 e. The lowest BCUT2D eigenvalue weighted by Gasteiger charge is -2.52. The molecular weight excluding hydrogens is 390 g/mol. The van der Waals surface area contributed by atoms with E-state index in [2.05, 4.69) is 31.2 Å². The van der Waals surface area contributed by atoms with Crippen LogP contribution in [0.5, 0.6) is 0 Å². The van der Waals surface area contributed by atoms with Crippen LogP contribution in [0.2, 0.25) is 0 Å². The van der Waals surface area contributed by atoms with Crippen molar-refractivity contribution >= 4 is 23.5 Å². The quantitative estimate of drug-likeness (QED) is 0.651. The minimum Gasteiger partial charge on any atom is -0.478 e. The highest BCUT2D eigenvalue weighted by atomic mass is 16.4. The van der Waals surface area contributed by atoms with Crippen molar-refractivity contribution in [3.8, 4) is 0 Å². The minimum absolute atomic E-state index is 0.118. The van der Waals surface area contributed by atoms with E-state index >= 15 is 0 Å². The van der Waals surface area contributed by atoms with Crippen molar-refractivity contribution in [1.82, 2.24) is 0 Å². The van der Waals surface area contributed by atoms with Crippen molar-refractivity contribution in [3.05, 3.63) is 101 Å². The van der Waals surface area contributed by atoms with E-state index in [1.165, 1.54) is 17.0 Å². The Labute approximate surface area is 178 Å². The molecule has 31 heavy (non-hydrogen) atoms. The van der Waals surface area contributed by atoms with E-state index in [-0.39, 0.29) is 23.3 Å². The SMILES string of the molecule is CC12c3ccccc3C(c3ccccc31)[C@@H]1C(=O)N(c3ccc(C(=O)O)cc3)C(=O)[C@@H]12. The lowest BCUT2D eigenvalue weighted by molar-refractivity contribution is -0.123. The van der Waals surface area contributed by atoms with Crippen LogP contribution in [-0.2, 0) is 15.0 Å². The molecule has 3 aromatic rings. The molecule has 2 amide bonds. The number of nitrogens with zero attached hydrogens (tertiary/aromatic N) is 1. The summed E-state index contributed by atoms with van der Waals surface area (Å²) in [6, 6.07) is 22.2. The second kappa shape index (κ2) is 5.91. The van der Waals surface area contributed by atoms with Gasteiger partial charge in [-0.1, -0.05) is 55.5 Å². The Bertz CT molecular complexity index is 1250. The van der Waals surface area contributed by atoms with E-state index in [1.807, 2.05) is 24.3 Å². The fourth-order valence-electron chi connectivity index (χ4n) is 6.16. The van der Waals surface area contributed by atoms with Gasteiger partial charge in [0.25, 0.3) is 0 Å². The highest BCUT2D eigenvalue weighted by Gasteiger charge is 2.66. The minimum atomic E-state index is -1.05. The first-order chi connectivity index (χ1) is 14.9. The fourth-order valence-corrected chi connectivity index (χ4v) is 6.16. The molecule has 2 bridgehead atoms. The van der Waals surface area contributed by atoms with E-state index < -0.39 is 23.2 Å². The Morgan fingerprint density at radius 3 is 1.94 bits per heavy atom. The largest absolute Gasteiger partial charge is 0.478 e. The number of hydrogen-bond acceptors (Lipinski definition) is 3. The van der Waals surface area contributed by atoms with Gasteiger partial charge in [-0.15, -0.1) is 0 Å². The van der Waals surface area contributed by atoms with Crippen molar-refractivity contribution in [2.75, 3.05) is 4.90 Å². The zero-order valence-corrected chi connectivity index (χ0v) is 16.8. The number of carboxylic acid groups (broad SMARTS) is 1. The number of imide groups is 1. The average Bonchev–Trinajstić information content (AvgIpc) is 3.06. The monoisotopic (exact) mass is 409 g/mol. The summed E-state index contributed by atoms with van der Waals surface area (Å²) in [7, 11) is 0. The van der Waals surface area contributed by atoms with Crippen LogP contribution in [0.1, 0.15) is 45.5 Å². The molecule has 4 aliphatic rings.